The number of benzene rings is 1. The average Bonchev–Trinajstić information content (AvgIpc) is 2.95. The number of fused-ring (bicyclic) bond motifs is 1. The summed E-state index contributed by atoms with van der Waals surface area (Å²) in [5, 5.41) is 0. The average molecular weight is 300 g/mol. The predicted molar refractivity (Wildman–Crippen MR) is 77.3 cm³/mol. The Kier molecular flexibility index (Phi) is 3.74. The summed E-state index contributed by atoms with van der Waals surface area (Å²) >= 11 is 0. The van der Waals surface area contributed by atoms with Crippen LogP contribution in [0.25, 0.3) is 5.65 Å². The fraction of sp³-hybridized carbons (Fsp3) is 0.125. The fourth-order valence-electron chi connectivity index (χ4n) is 2.06. The van der Waals surface area contributed by atoms with Crippen molar-refractivity contribution in [1.29, 1.82) is 0 Å². The molecule has 0 bridgehead atoms. The maximum absolute atomic E-state index is 13.8. The van der Waals surface area contributed by atoms with Crippen molar-refractivity contribution >= 4 is 11.6 Å². The smallest absolute Gasteiger partial charge is 0.341 e. The van der Waals surface area contributed by atoms with Gasteiger partial charge >= 0.3 is 5.97 Å². The van der Waals surface area contributed by atoms with E-state index in [2.05, 4.69) is 4.98 Å². The highest BCUT2D eigenvalue weighted by atomic mass is 19.1. The number of methoxy groups -OCH3 is 1. The molecule has 0 atom stereocenters. The van der Waals surface area contributed by atoms with Crippen LogP contribution in [-0.2, 0) is 11.3 Å². The number of esters is 1. The Morgan fingerprint density at radius 3 is 2.91 bits per heavy atom. The lowest BCUT2D eigenvalue weighted by Crippen LogP contribution is -2.08. The number of hydrogen-bond acceptors (Lipinski definition) is 4. The van der Waals surface area contributed by atoms with Gasteiger partial charge in [0.2, 0.25) is 0 Å². The van der Waals surface area contributed by atoms with Crippen LogP contribution in [0.15, 0.2) is 48.8 Å². The normalized spacial score (nSPS) is 10.6. The van der Waals surface area contributed by atoms with Gasteiger partial charge in [-0.05, 0) is 24.3 Å². The summed E-state index contributed by atoms with van der Waals surface area (Å²) in [6.45, 7) is -0.0218. The molecular formula is C16H13FN2O3. The number of imidazole rings is 1. The molecule has 0 fully saturated rings. The summed E-state index contributed by atoms with van der Waals surface area (Å²) < 4.78 is 25.6. The van der Waals surface area contributed by atoms with Gasteiger partial charge in [0.05, 0.1) is 18.4 Å². The second kappa shape index (κ2) is 5.85. The first kappa shape index (κ1) is 14.1. The van der Waals surface area contributed by atoms with Crippen molar-refractivity contribution < 1.29 is 18.7 Å². The van der Waals surface area contributed by atoms with E-state index in [1.807, 2.05) is 28.8 Å². The van der Waals surface area contributed by atoms with Crippen LogP contribution in [0.5, 0.6) is 5.75 Å². The van der Waals surface area contributed by atoms with Crippen molar-refractivity contribution in [2.75, 3.05) is 7.11 Å². The summed E-state index contributed by atoms with van der Waals surface area (Å²) in [7, 11) is 1.43. The molecule has 3 aromatic rings. The van der Waals surface area contributed by atoms with Crippen LogP contribution in [0.2, 0.25) is 0 Å². The van der Waals surface area contributed by atoms with E-state index >= 15 is 0 Å². The summed E-state index contributed by atoms with van der Waals surface area (Å²) in [6.07, 6.45) is 3.60. The lowest BCUT2D eigenvalue weighted by molar-refractivity contribution is 0.0463. The minimum absolute atomic E-state index is 0.0218. The van der Waals surface area contributed by atoms with Gasteiger partial charge in [0.15, 0.2) is 0 Å². The molecule has 22 heavy (non-hydrogen) atoms. The molecule has 0 saturated carbocycles. The molecule has 2 aromatic heterocycles. The Bertz CT molecular complexity index is 796. The molecule has 6 heteroatoms. The Morgan fingerprint density at radius 1 is 1.32 bits per heavy atom. The van der Waals surface area contributed by atoms with Crippen molar-refractivity contribution in [3.8, 4) is 5.75 Å². The van der Waals surface area contributed by atoms with Crippen LogP contribution in [0.3, 0.4) is 0 Å². The van der Waals surface area contributed by atoms with Crippen LogP contribution in [0.4, 0.5) is 4.39 Å². The standard InChI is InChI=1S/C16H13FN2O3/c1-21-12-5-6-13(14(17)8-12)16(20)22-10-11-9-19-7-3-2-4-15(19)18-11/h2-9H,10H2,1H3. The number of nitrogens with zero attached hydrogens (tertiary/aromatic N) is 2. The van der Waals surface area contributed by atoms with Gasteiger partial charge in [-0.1, -0.05) is 6.07 Å². The number of pyridine rings is 1. The first-order valence-electron chi connectivity index (χ1n) is 6.60. The minimum Gasteiger partial charge on any atom is -0.497 e. The van der Waals surface area contributed by atoms with E-state index in [1.54, 1.807) is 6.20 Å². The predicted octanol–water partition coefficient (Wildman–Crippen LogP) is 2.84. The topological polar surface area (TPSA) is 52.8 Å². The molecule has 0 aliphatic carbocycles. The van der Waals surface area contributed by atoms with Gasteiger partial charge < -0.3 is 13.9 Å². The molecule has 0 aliphatic heterocycles. The van der Waals surface area contributed by atoms with E-state index in [4.69, 9.17) is 9.47 Å². The van der Waals surface area contributed by atoms with E-state index in [0.717, 1.165) is 11.7 Å². The summed E-state index contributed by atoms with van der Waals surface area (Å²) in [5.41, 5.74) is 1.21. The molecule has 0 N–H and O–H groups in total. The van der Waals surface area contributed by atoms with Gasteiger partial charge in [0.25, 0.3) is 0 Å². The molecule has 5 nitrogen and oxygen atoms in total. The van der Waals surface area contributed by atoms with Gasteiger partial charge in [-0.15, -0.1) is 0 Å². The van der Waals surface area contributed by atoms with E-state index in [9.17, 15) is 9.18 Å². The number of carbonyl (C=O) groups is 1. The van der Waals surface area contributed by atoms with Crippen molar-refractivity contribution in [1.82, 2.24) is 9.38 Å². The van der Waals surface area contributed by atoms with Gasteiger partial charge in [-0.2, -0.15) is 0 Å². The van der Waals surface area contributed by atoms with E-state index in [-0.39, 0.29) is 12.2 Å². The lowest BCUT2D eigenvalue weighted by Gasteiger charge is -2.05. The molecule has 1 aromatic carbocycles. The number of hydrogen-bond donors (Lipinski definition) is 0. The highest BCUT2D eigenvalue weighted by Gasteiger charge is 2.14. The number of ether oxygens (including phenoxy) is 2. The molecule has 0 amide bonds. The lowest BCUT2D eigenvalue weighted by atomic mass is 10.2. The first-order chi connectivity index (χ1) is 10.7. The second-order valence-corrected chi connectivity index (χ2v) is 4.62. The molecule has 0 radical (unpaired) electrons. The Morgan fingerprint density at radius 2 is 2.18 bits per heavy atom. The monoisotopic (exact) mass is 300 g/mol. The van der Waals surface area contributed by atoms with Crippen molar-refractivity contribution in [3.05, 3.63) is 65.9 Å². The van der Waals surface area contributed by atoms with E-state index in [0.29, 0.717) is 11.4 Å². The summed E-state index contributed by atoms with van der Waals surface area (Å²) in [4.78, 5) is 16.2. The SMILES string of the molecule is COc1ccc(C(=O)OCc2cn3ccccc3n2)c(F)c1. The number of halogens is 1. The first-order valence-corrected chi connectivity index (χ1v) is 6.60. The van der Waals surface area contributed by atoms with Crippen LogP contribution in [0.1, 0.15) is 16.1 Å². The fourth-order valence-corrected chi connectivity index (χ4v) is 2.06. The van der Waals surface area contributed by atoms with E-state index < -0.39 is 11.8 Å². The molecule has 2 heterocycles. The molecule has 0 aliphatic rings. The molecule has 3 rings (SSSR count). The number of rotatable bonds is 4. The van der Waals surface area contributed by atoms with Gasteiger partial charge in [0.1, 0.15) is 23.8 Å². The van der Waals surface area contributed by atoms with Crippen molar-refractivity contribution in [2.24, 2.45) is 0 Å². The van der Waals surface area contributed by atoms with Gasteiger partial charge in [-0.3, -0.25) is 0 Å². The Labute approximate surface area is 125 Å². The van der Waals surface area contributed by atoms with Gasteiger partial charge in [-0.25, -0.2) is 14.2 Å². The highest BCUT2D eigenvalue weighted by molar-refractivity contribution is 5.89. The summed E-state index contributed by atoms with van der Waals surface area (Å²) in [6, 6.07) is 9.56. The summed E-state index contributed by atoms with van der Waals surface area (Å²) in [5.74, 6) is -1.08. The zero-order valence-corrected chi connectivity index (χ0v) is 11.8. The highest BCUT2D eigenvalue weighted by Crippen LogP contribution is 2.17. The maximum atomic E-state index is 13.8. The second-order valence-electron chi connectivity index (χ2n) is 4.62. The minimum atomic E-state index is -0.739. The third-order valence-corrected chi connectivity index (χ3v) is 3.16. The zero-order valence-electron chi connectivity index (χ0n) is 11.8. The van der Waals surface area contributed by atoms with E-state index in [1.165, 1.54) is 19.2 Å². The van der Waals surface area contributed by atoms with Crippen molar-refractivity contribution in [2.45, 2.75) is 6.61 Å². The van der Waals surface area contributed by atoms with Crippen LogP contribution >= 0.6 is 0 Å². The molecule has 0 spiro atoms. The van der Waals surface area contributed by atoms with Crippen LogP contribution < -0.4 is 4.74 Å². The number of aromatic nitrogens is 2. The Balaban J connectivity index is 1.71. The van der Waals surface area contributed by atoms with Crippen molar-refractivity contribution in [3.63, 3.8) is 0 Å². The largest absolute Gasteiger partial charge is 0.497 e. The third kappa shape index (κ3) is 2.76. The Hall–Kier alpha value is -2.89. The molecule has 112 valence electrons. The third-order valence-electron chi connectivity index (χ3n) is 3.16. The molecular weight excluding hydrogens is 287 g/mol. The number of carbonyl (C=O) groups excluding carboxylic acids is 1. The van der Waals surface area contributed by atoms with Crippen LogP contribution in [-0.4, -0.2) is 22.5 Å². The molecule has 0 unspecified atom stereocenters. The maximum Gasteiger partial charge on any atom is 0.341 e. The molecule has 0 saturated heterocycles. The quantitative estimate of drug-likeness (QED) is 0.695. The van der Waals surface area contributed by atoms with Crippen LogP contribution in [0, 0.1) is 5.82 Å². The zero-order chi connectivity index (χ0) is 15.5. The van der Waals surface area contributed by atoms with Gasteiger partial charge in [0, 0.05) is 18.5 Å².